The average Bonchev–Trinajstić information content (AvgIpc) is 3.10. The molecule has 1 aliphatic carbocycles. The molecule has 9 heteroatoms. The highest BCUT2D eigenvalue weighted by Crippen LogP contribution is 2.45. The molecule has 0 unspecified atom stereocenters. The highest BCUT2D eigenvalue weighted by atomic mass is 79.9. The molecule has 7 nitrogen and oxygen atoms in total. The van der Waals surface area contributed by atoms with Crippen LogP contribution in [0.15, 0.2) is 10.5 Å². The largest absolute Gasteiger partial charge is 0.493 e. The quantitative estimate of drug-likeness (QED) is 0.610. The summed E-state index contributed by atoms with van der Waals surface area (Å²) in [5.41, 5.74) is 1.72. The number of amides is 1. The summed E-state index contributed by atoms with van der Waals surface area (Å²) in [6, 6.07) is 1.56. The number of anilines is 1. The van der Waals surface area contributed by atoms with E-state index in [0.29, 0.717) is 37.8 Å². The number of methoxy groups -OCH3 is 4. The van der Waals surface area contributed by atoms with Gasteiger partial charge in [0.15, 0.2) is 11.5 Å². The molecule has 1 N–H and O–H groups in total. The number of halogens is 1. The predicted octanol–water partition coefficient (Wildman–Crippen LogP) is 4.45. The Hall–Kier alpha value is -2.26. The summed E-state index contributed by atoms with van der Waals surface area (Å²) in [5.74, 6) is 0.232. The zero-order chi connectivity index (χ0) is 21.1. The van der Waals surface area contributed by atoms with Gasteiger partial charge in [0.25, 0.3) is 5.91 Å². The van der Waals surface area contributed by atoms with Crippen molar-refractivity contribution in [2.24, 2.45) is 0 Å². The van der Waals surface area contributed by atoms with Crippen molar-refractivity contribution in [1.82, 2.24) is 0 Å². The summed E-state index contributed by atoms with van der Waals surface area (Å²) in [7, 11) is 5.80. The lowest BCUT2D eigenvalue weighted by molar-refractivity contribution is 0.0601. The summed E-state index contributed by atoms with van der Waals surface area (Å²) in [4.78, 5) is 26.6. The first-order chi connectivity index (χ1) is 14.0. The fourth-order valence-electron chi connectivity index (χ4n) is 3.43. The molecule has 29 heavy (non-hydrogen) atoms. The van der Waals surface area contributed by atoms with Crippen molar-refractivity contribution in [2.75, 3.05) is 33.8 Å². The number of esters is 1. The lowest BCUT2D eigenvalue weighted by Gasteiger charge is -2.16. The molecule has 0 saturated carbocycles. The van der Waals surface area contributed by atoms with Gasteiger partial charge in [-0.3, -0.25) is 4.79 Å². The van der Waals surface area contributed by atoms with Crippen LogP contribution in [0, 0.1) is 0 Å². The molecule has 0 radical (unpaired) electrons. The summed E-state index contributed by atoms with van der Waals surface area (Å²) >= 11 is 4.85. The zero-order valence-electron chi connectivity index (χ0n) is 16.6. The molecule has 0 aliphatic heterocycles. The molecule has 1 amide bonds. The molecule has 0 atom stereocenters. The topological polar surface area (TPSA) is 83.1 Å². The number of carbonyl (C=O) groups excluding carboxylic acids is 2. The van der Waals surface area contributed by atoms with Crippen molar-refractivity contribution >= 4 is 44.1 Å². The third-order valence-electron chi connectivity index (χ3n) is 4.80. The lowest BCUT2D eigenvalue weighted by atomic mass is 9.95. The van der Waals surface area contributed by atoms with E-state index >= 15 is 0 Å². The summed E-state index contributed by atoms with van der Waals surface area (Å²) in [5, 5.41) is 3.37. The molecule has 1 aromatic carbocycles. The first-order valence-electron chi connectivity index (χ1n) is 8.99. The van der Waals surface area contributed by atoms with Gasteiger partial charge in [0.05, 0.1) is 44.0 Å². The molecule has 0 fully saturated rings. The van der Waals surface area contributed by atoms with Gasteiger partial charge in [0, 0.05) is 4.88 Å². The van der Waals surface area contributed by atoms with Gasteiger partial charge in [-0.1, -0.05) is 0 Å². The number of rotatable bonds is 6. The maximum Gasteiger partial charge on any atom is 0.341 e. The Morgan fingerprint density at radius 3 is 2.34 bits per heavy atom. The number of ether oxygens (including phenoxy) is 4. The van der Waals surface area contributed by atoms with Crippen LogP contribution in [0.2, 0.25) is 0 Å². The molecule has 0 bridgehead atoms. The van der Waals surface area contributed by atoms with E-state index in [1.807, 2.05) is 0 Å². The van der Waals surface area contributed by atoms with E-state index in [9.17, 15) is 9.59 Å². The van der Waals surface area contributed by atoms with Crippen LogP contribution in [0.4, 0.5) is 5.00 Å². The zero-order valence-corrected chi connectivity index (χ0v) is 19.0. The SMILES string of the molecule is COC(=O)c1c(NC(=O)c2cc(OC)c(OC)c(OC)c2Br)sc2c1CCCC2. The van der Waals surface area contributed by atoms with Crippen molar-refractivity contribution in [1.29, 1.82) is 0 Å². The normalized spacial score (nSPS) is 12.7. The third-order valence-corrected chi connectivity index (χ3v) is 6.80. The van der Waals surface area contributed by atoms with Crippen LogP contribution in [-0.4, -0.2) is 40.3 Å². The van der Waals surface area contributed by atoms with Gasteiger partial charge in [0.1, 0.15) is 5.00 Å². The van der Waals surface area contributed by atoms with Crippen LogP contribution in [0.5, 0.6) is 17.2 Å². The standard InChI is InChI=1S/C20H22BrNO6S/c1-25-12-9-11(15(21)17(27-3)16(12)26-2)18(23)22-19-14(20(24)28-4)10-7-5-6-8-13(10)29-19/h9H,5-8H2,1-4H3,(H,22,23). The number of aryl methyl sites for hydroxylation is 1. The number of hydrogen-bond acceptors (Lipinski definition) is 7. The first kappa shape index (κ1) is 21.4. The second-order valence-electron chi connectivity index (χ2n) is 6.37. The van der Waals surface area contributed by atoms with E-state index in [1.54, 1.807) is 6.07 Å². The van der Waals surface area contributed by atoms with E-state index in [0.717, 1.165) is 36.1 Å². The Morgan fingerprint density at radius 2 is 1.72 bits per heavy atom. The van der Waals surface area contributed by atoms with Crippen LogP contribution in [0.1, 0.15) is 44.0 Å². The number of carbonyl (C=O) groups is 2. The van der Waals surface area contributed by atoms with Gasteiger partial charge in [-0.2, -0.15) is 0 Å². The highest BCUT2D eigenvalue weighted by molar-refractivity contribution is 9.10. The third kappa shape index (κ3) is 3.93. The summed E-state index contributed by atoms with van der Waals surface area (Å²) in [6.07, 6.45) is 3.78. The molecule has 156 valence electrons. The molecule has 2 aromatic rings. The van der Waals surface area contributed by atoms with E-state index in [-0.39, 0.29) is 0 Å². The minimum absolute atomic E-state index is 0.293. The van der Waals surface area contributed by atoms with Gasteiger partial charge in [-0.25, -0.2) is 4.79 Å². The monoisotopic (exact) mass is 483 g/mol. The van der Waals surface area contributed by atoms with Crippen LogP contribution in [0.25, 0.3) is 0 Å². The van der Waals surface area contributed by atoms with E-state index in [1.165, 1.54) is 39.8 Å². The fraction of sp³-hybridized carbons (Fsp3) is 0.400. The fourth-order valence-corrected chi connectivity index (χ4v) is 5.34. The second kappa shape index (κ2) is 9.04. The summed E-state index contributed by atoms with van der Waals surface area (Å²) in [6.45, 7) is 0. The smallest absolute Gasteiger partial charge is 0.341 e. The molecule has 1 aromatic heterocycles. The molecule has 3 rings (SSSR count). The predicted molar refractivity (Wildman–Crippen MR) is 114 cm³/mol. The van der Waals surface area contributed by atoms with E-state index < -0.39 is 11.9 Å². The van der Waals surface area contributed by atoms with Gasteiger partial charge in [-0.05, 0) is 53.2 Å². The van der Waals surface area contributed by atoms with Crippen molar-refractivity contribution < 1.29 is 28.5 Å². The highest BCUT2D eigenvalue weighted by Gasteiger charge is 2.29. The molecule has 0 saturated heterocycles. The second-order valence-corrected chi connectivity index (χ2v) is 8.27. The minimum atomic E-state index is -0.441. The molecular formula is C20H22BrNO6S. The van der Waals surface area contributed by atoms with Crippen molar-refractivity contribution in [3.05, 3.63) is 32.1 Å². The Kier molecular flexibility index (Phi) is 6.69. The Morgan fingerprint density at radius 1 is 1.03 bits per heavy atom. The molecule has 1 aliphatic rings. The van der Waals surface area contributed by atoms with Crippen LogP contribution < -0.4 is 19.5 Å². The average molecular weight is 484 g/mol. The maximum absolute atomic E-state index is 13.1. The van der Waals surface area contributed by atoms with Crippen molar-refractivity contribution in [3.63, 3.8) is 0 Å². The Balaban J connectivity index is 2.03. The number of fused-ring (bicyclic) bond motifs is 1. The number of hydrogen-bond donors (Lipinski definition) is 1. The van der Waals surface area contributed by atoms with Crippen LogP contribution in [0.3, 0.4) is 0 Å². The van der Waals surface area contributed by atoms with E-state index in [4.69, 9.17) is 18.9 Å². The van der Waals surface area contributed by atoms with E-state index in [2.05, 4.69) is 21.2 Å². The van der Waals surface area contributed by atoms with Gasteiger partial charge < -0.3 is 24.3 Å². The number of thiophene rings is 1. The lowest BCUT2D eigenvalue weighted by Crippen LogP contribution is -2.16. The van der Waals surface area contributed by atoms with Gasteiger partial charge in [0.2, 0.25) is 5.75 Å². The van der Waals surface area contributed by atoms with Crippen molar-refractivity contribution in [2.45, 2.75) is 25.7 Å². The number of benzene rings is 1. The summed E-state index contributed by atoms with van der Waals surface area (Å²) < 4.78 is 21.5. The van der Waals surface area contributed by atoms with Crippen molar-refractivity contribution in [3.8, 4) is 17.2 Å². The maximum atomic E-state index is 13.1. The Bertz CT molecular complexity index is 955. The van der Waals surface area contributed by atoms with Gasteiger partial charge >= 0.3 is 5.97 Å². The first-order valence-corrected chi connectivity index (χ1v) is 10.6. The Labute approximate surface area is 181 Å². The van der Waals surface area contributed by atoms with Crippen LogP contribution >= 0.6 is 27.3 Å². The number of nitrogens with one attached hydrogen (secondary N) is 1. The van der Waals surface area contributed by atoms with Gasteiger partial charge in [-0.15, -0.1) is 11.3 Å². The minimum Gasteiger partial charge on any atom is -0.493 e. The van der Waals surface area contributed by atoms with Crippen LogP contribution in [-0.2, 0) is 17.6 Å². The molecule has 1 heterocycles. The molecular weight excluding hydrogens is 462 g/mol. The molecule has 0 spiro atoms.